The van der Waals surface area contributed by atoms with Gasteiger partial charge in [0, 0.05) is 49.1 Å². The van der Waals surface area contributed by atoms with E-state index in [1.807, 2.05) is 19.1 Å². The summed E-state index contributed by atoms with van der Waals surface area (Å²) in [5.41, 5.74) is 2.62. The van der Waals surface area contributed by atoms with E-state index < -0.39 is 14.6 Å². The number of urea groups is 1. The van der Waals surface area contributed by atoms with Crippen LogP contribution in [0.2, 0.25) is 0 Å². The molecule has 0 spiro atoms. The third kappa shape index (κ3) is 6.23. The van der Waals surface area contributed by atoms with Crippen LogP contribution in [0.25, 0.3) is 11.4 Å². The summed E-state index contributed by atoms with van der Waals surface area (Å²) < 4.78 is 29.6. The van der Waals surface area contributed by atoms with E-state index in [0.29, 0.717) is 54.9 Å². The van der Waals surface area contributed by atoms with Crippen LogP contribution in [0.4, 0.5) is 16.3 Å². The highest BCUT2D eigenvalue weighted by molar-refractivity contribution is 7.91. The Balaban J connectivity index is 1.58. The molecule has 2 N–H and O–H groups in total. The Morgan fingerprint density at radius 1 is 1.19 bits per heavy atom. The second kappa shape index (κ2) is 10.8. The number of nitrogens with zero attached hydrogens (tertiary/aromatic N) is 4. The van der Waals surface area contributed by atoms with Crippen LogP contribution in [0, 0.1) is 0 Å². The molecule has 0 radical (unpaired) electrons. The summed E-state index contributed by atoms with van der Waals surface area (Å²) in [7, 11) is -3.45. The molecule has 1 aromatic carbocycles. The van der Waals surface area contributed by atoms with Crippen molar-refractivity contribution in [3.63, 3.8) is 0 Å². The van der Waals surface area contributed by atoms with Gasteiger partial charge >= 0.3 is 6.03 Å². The number of hydrogen-bond donors (Lipinski definition) is 2. The molecule has 1 atom stereocenters. The van der Waals surface area contributed by atoms with E-state index in [2.05, 4.69) is 25.5 Å². The van der Waals surface area contributed by atoms with Crippen LogP contribution in [0.5, 0.6) is 0 Å². The minimum Gasteiger partial charge on any atom is -0.377 e. The molecule has 10 nitrogen and oxygen atoms in total. The number of ether oxygens (including phenoxy) is 1. The van der Waals surface area contributed by atoms with Gasteiger partial charge in [-0.15, -0.1) is 0 Å². The molecule has 0 unspecified atom stereocenters. The van der Waals surface area contributed by atoms with E-state index in [-0.39, 0.29) is 12.1 Å². The Hall–Kier alpha value is -3.57. The summed E-state index contributed by atoms with van der Waals surface area (Å²) >= 11 is 0. The molecule has 4 rings (SSSR count). The first kappa shape index (κ1) is 26.5. The molecule has 0 bridgehead atoms. The van der Waals surface area contributed by atoms with Crippen molar-refractivity contribution in [2.45, 2.75) is 38.1 Å². The SMILES string of the molecule is C[C@H]1COCCN1c1cc(C(C)(C)S(C)(=O)=O)nc(-c2ccc(NC(=O)NCc3cccnc3)cc2)n1. The minimum atomic E-state index is -3.45. The van der Waals surface area contributed by atoms with Crippen LogP contribution in [0.15, 0.2) is 54.9 Å². The molecule has 1 fully saturated rings. The quantitative estimate of drug-likeness (QED) is 0.482. The predicted octanol–water partition coefficient (Wildman–Crippen LogP) is 3.37. The van der Waals surface area contributed by atoms with Crippen LogP contribution in [0.1, 0.15) is 32.0 Å². The number of amides is 2. The molecule has 196 valence electrons. The molecule has 1 aliphatic rings. The largest absolute Gasteiger partial charge is 0.377 e. The zero-order chi connectivity index (χ0) is 26.6. The van der Waals surface area contributed by atoms with Crippen LogP contribution in [0.3, 0.4) is 0 Å². The fraction of sp³-hybridized carbons (Fsp3) is 0.385. The number of sulfone groups is 1. The van der Waals surface area contributed by atoms with Crippen molar-refractivity contribution in [3.8, 4) is 11.4 Å². The highest BCUT2D eigenvalue weighted by Crippen LogP contribution is 2.32. The Labute approximate surface area is 217 Å². The molecule has 2 aromatic heterocycles. The first-order chi connectivity index (χ1) is 17.5. The fourth-order valence-electron chi connectivity index (χ4n) is 3.84. The lowest BCUT2D eigenvalue weighted by atomic mass is 10.1. The van der Waals surface area contributed by atoms with Gasteiger partial charge in [0.15, 0.2) is 15.7 Å². The standard InChI is InChI=1S/C26H32N6O4S/c1-18-17-36-13-12-32(18)23-14-22(26(2,3)37(4,34)35)30-24(31-23)20-7-9-21(10-8-20)29-25(33)28-16-19-6-5-11-27-15-19/h5-11,14-15,18H,12-13,16-17H2,1-4H3,(H2,28,29,33)/t18-/m0/s1. The molecule has 0 aliphatic carbocycles. The van der Waals surface area contributed by atoms with Crippen LogP contribution >= 0.6 is 0 Å². The average molecular weight is 525 g/mol. The minimum absolute atomic E-state index is 0.0856. The van der Waals surface area contributed by atoms with Crippen LogP contribution in [-0.2, 0) is 25.9 Å². The Morgan fingerprint density at radius 3 is 2.59 bits per heavy atom. The summed E-state index contributed by atoms with van der Waals surface area (Å²) in [5, 5.41) is 5.60. The van der Waals surface area contributed by atoms with E-state index in [0.717, 1.165) is 5.56 Å². The van der Waals surface area contributed by atoms with Gasteiger partial charge in [-0.3, -0.25) is 4.98 Å². The van der Waals surface area contributed by atoms with Gasteiger partial charge < -0.3 is 20.3 Å². The molecule has 3 aromatic rings. The number of carbonyl (C=O) groups is 1. The van der Waals surface area contributed by atoms with E-state index in [4.69, 9.17) is 9.72 Å². The topological polar surface area (TPSA) is 126 Å². The van der Waals surface area contributed by atoms with Crippen molar-refractivity contribution in [2.75, 3.05) is 36.2 Å². The summed E-state index contributed by atoms with van der Waals surface area (Å²) in [6, 6.07) is 12.3. The molecule has 1 saturated heterocycles. The maximum absolute atomic E-state index is 12.6. The number of anilines is 2. The lowest BCUT2D eigenvalue weighted by Gasteiger charge is -2.35. The molecule has 0 saturated carbocycles. The van der Waals surface area contributed by atoms with Crippen molar-refractivity contribution in [1.29, 1.82) is 0 Å². The number of carbonyl (C=O) groups excluding carboxylic acids is 1. The molecule has 11 heteroatoms. The van der Waals surface area contributed by atoms with Gasteiger partial charge in [0.05, 0.1) is 24.9 Å². The van der Waals surface area contributed by atoms with E-state index in [9.17, 15) is 13.2 Å². The second-order valence-corrected chi connectivity index (χ2v) is 12.1. The molecule has 2 amide bonds. The van der Waals surface area contributed by atoms with Crippen molar-refractivity contribution in [2.24, 2.45) is 0 Å². The summed E-state index contributed by atoms with van der Waals surface area (Å²) in [6.07, 6.45) is 4.59. The molecular weight excluding hydrogens is 492 g/mol. The number of benzene rings is 1. The number of nitrogens with one attached hydrogen (secondary N) is 2. The number of morpholine rings is 1. The Kier molecular flexibility index (Phi) is 7.74. The van der Waals surface area contributed by atoms with Gasteiger partial charge in [-0.2, -0.15) is 0 Å². The Bertz CT molecular complexity index is 1350. The summed E-state index contributed by atoms with van der Waals surface area (Å²) in [4.78, 5) is 27.9. The molecule has 3 heterocycles. The number of hydrogen-bond acceptors (Lipinski definition) is 8. The third-order valence-corrected chi connectivity index (χ3v) is 8.56. The van der Waals surface area contributed by atoms with Gasteiger partial charge in [-0.1, -0.05) is 6.07 Å². The smallest absolute Gasteiger partial charge is 0.319 e. The third-order valence-electron chi connectivity index (χ3n) is 6.50. The van der Waals surface area contributed by atoms with Gasteiger partial charge in [0.1, 0.15) is 10.6 Å². The maximum atomic E-state index is 12.6. The van der Waals surface area contributed by atoms with Gasteiger partial charge in [-0.05, 0) is 56.7 Å². The molecule has 1 aliphatic heterocycles. The van der Waals surface area contributed by atoms with Crippen LogP contribution < -0.4 is 15.5 Å². The van der Waals surface area contributed by atoms with Crippen molar-refractivity contribution in [3.05, 3.63) is 66.1 Å². The zero-order valence-corrected chi connectivity index (χ0v) is 22.2. The Morgan fingerprint density at radius 2 is 1.95 bits per heavy atom. The van der Waals surface area contributed by atoms with Gasteiger partial charge in [0.2, 0.25) is 0 Å². The number of aromatic nitrogens is 3. The number of pyridine rings is 1. The van der Waals surface area contributed by atoms with Crippen molar-refractivity contribution in [1.82, 2.24) is 20.3 Å². The normalized spacial score (nSPS) is 16.3. The van der Waals surface area contributed by atoms with Crippen molar-refractivity contribution < 1.29 is 17.9 Å². The van der Waals surface area contributed by atoms with E-state index >= 15 is 0 Å². The lowest BCUT2D eigenvalue weighted by Crippen LogP contribution is -2.44. The van der Waals surface area contributed by atoms with E-state index in [1.165, 1.54) is 6.26 Å². The first-order valence-electron chi connectivity index (χ1n) is 12.0. The highest BCUT2D eigenvalue weighted by atomic mass is 32.2. The van der Waals surface area contributed by atoms with Crippen LogP contribution in [-0.4, -0.2) is 61.5 Å². The monoisotopic (exact) mass is 524 g/mol. The lowest BCUT2D eigenvalue weighted by molar-refractivity contribution is 0.0985. The zero-order valence-electron chi connectivity index (χ0n) is 21.4. The fourth-order valence-corrected chi connectivity index (χ4v) is 4.32. The summed E-state index contributed by atoms with van der Waals surface area (Å²) in [6.45, 7) is 7.48. The maximum Gasteiger partial charge on any atom is 0.319 e. The summed E-state index contributed by atoms with van der Waals surface area (Å²) in [5.74, 6) is 1.07. The predicted molar refractivity (Wildman–Crippen MR) is 143 cm³/mol. The van der Waals surface area contributed by atoms with E-state index in [1.54, 1.807) is 56.6 Å². The number of rotatable bonds is 7. The molecule has 37 heavy (non-hydrogen) atoms. The van der Waals surface area contributed by atoms with Crippen molar-refractivity contribution >= 4 is 27.4 Å². The van der Waals surface area contributed by atoms with Gasteiger partial charge in [-0.25, -0.2) is 23.2 Å². The second-order valence-electron chi connectivity index (χ2n) is 9.58. The average Bonchev–Trinajstić information content (AvgIpc) is 2.88. The van der Waals surface area contributed by atoms with Gasteiger partial charge in [0.25, 0.3) is 0 Å². The first-order valence-corrected chi connectivity index (χ1v) is 13.9. The highest BCUT2D eigenvalue weighted by Gasteiger charge is 2.35. The molecular formula is C26H32N6O4S.